The maximum absolute atomic E-state index is 13.2. The number of benzene rings is 2. The number of anilines is 2. The highest BCUT2D eigenvalue weighted by Crippen LogP contribution is 2.27. The van der Waals surface area contributed by atoms with Crippen LogP contribution in [0.15, 0.2) is 46.9 Å². The maximum atomic E-state index is 13.2. The molecule has 2 aromatic rings. The number of hydrogen-bond donors (Lipinski definition) is 1. The molecule has 142 valence electrons. The third-order valence-electron chi connectivity index (χ3n) is 4.32. The van der Waals surface area contributed by atoms with Gasteiger partial charge in [-0.2, -0.15) is 0 Å². The van der Waals surface area contributed by atoms with Gasteiger partial charge in [0.25, 0.3) is 5.91 Å². The number of piperidine rings is 1. The van der Waals surface area contributed by atoms with Crippen molar-refractivity contribution in [1.82, 2.24) is 0 Å². The number of hydrogen-bond acceptors (Lipinski definition) is 3. The number of nitrogens with one attached hydrogen (secondary N) is 1. The van der Waals surface area contributed by atoms with Crippen molar-refractivity contribution >= 4 is 39.1 Å². The van der Waals surface area contributed by atoms with Gasteiger partial charge in [0, 0.05) is 24.3 Å². The largest absolute Gasteiger partial charge is 0.480 e. The molecule has 0 aliphatic carbocycles. The van der Waals surface area contributed by atoms with Crippen molar-refractivity contribution < 1.29 is 18.7 Å². The Morgan fingerprint density at radius 2 is 2.07 bits per heavy atom. The molecular weight excluding hydrogens is 415 g/mol. The zero-order valence-corrected chi connectivity index (χ0v) is 16.5. The molecule has 5 nitrogen and oxygen atoms in total. The summed E-state index contributed by atoms with van der Waals surface area (Å²) in [5, 5.41) is 2.80. The van der Waals surface area contributed by atoms with Crippen LogP contribution >= 0.6 is 15.9 Å². The zero-order valence-electron chi connectivity index (χ0n) is 14.9. The quantitative estimate of drug-likeness (QED) is 0.752. The Morgan fingerprint density at radius 1 is 1.26 bits per heavy atom. The maximum Gasteiger partial charge on any atom is 0.265 e. The molecule has 1 saturated heterocycles. The molecule has 1 fully saturated rings. The molecule has 1 aliphatic rings. The van der Waals surface area contributed by atoms with E-state index in [1.165, 1.54) is 18.2 Å². The first-order valence-corrected chi connectivity index (χ1v) is 9.56. The lowest BCUT2D eigenvalue weighted by Gasteiger charge is -2.27. The average Bonchev–Trinajstić information content (AvgIpc) is 2.64. The molecule has 2 aromatic carbocycles. The van der Waals surface area contributed by atoms with E-state index in [0.717, 1.165) is 18.5 Å². The van der Waals surface area contributed by atoms with Crippen molar-refractivity contribution in [3.05, 3.63) is 52.8 Å². The molecule has 0 spiro atoms. The van der Waals surface area contributed by atoms with Crippen molar-refractivity contribution in [3.63, 3.8) is 0 Å². The predicted molar refractivity (Wildman–Crippen MR) is 105 cm³/mol. The first kappa shape index (κ1) is 19.4. The fourth-order valence-corrected chi connectivity index (χ4v) is 3.33. The number of nitrogens with zero attached hydrogens (tertiary/aromatic N) is 1. The number of ether oxygens (including phenoxy) is 1. The topological polar surface area (TPSA) is 58.6 Å². The SMILES string of the molecule is CC(Oc1ccc(F)cc1Br)C(=O)Nc1cccc(N2CCCCC2=O)c1. The number of halogens is 2. The third kappa shape index (κ3) is 4.86. The van der Waals surface area contributed by atoms with Crippen LogP contribution in [0.2, 0.25) is 0 Å². The molecule has 0 bridgehead atoms. The molecule has 0 saturated carbocycles. The summed E-state index contributed by atoms with van der Waals surface area (Å²) >= 11 is 3.22. The van der Waals surface area contributed by atoms with Crippen molar-refractivity contribution in [2.75, 3.05) is 16.8 Å². The number of rotatable bonds is 5. The van der Waals surface area contributed by atoms with E-state index >= 15 is 0 Å². The van der Waals surface area contributed by atoms with E-state index in [2.05, 4.69) is 21.2 Å². The summed E-state index contributed by atoms with van der Waals surface area (Å²) in [6.07, 6.45) is 1.65. The van der Waals surface area contributed by atoms with Crippen LogP contribution < -0.4 is 15.0 Å². The molecule has 1 N–H and O–H groups in total. The second kappa shape index (κ2) is 8.52. The molecule has 7 heteroatoms. The minimum absolute atomic E-state index is 0.0996. The molecule has 3 rings (SSSR count). The fraction of sp³-hybridized carbons (Fsp3) is 0.300. The van der Waals surface area contributed by atoms with Crippen LogP contribution in [0, 0.1) is 5.82 Å². The molecule has 1 unspecified atom stereocenters. The standard InChI is InChI=1S/C20H20BrFN2O3/c1-13(27-18-9-8-14(22)11-17(18)21)20(26)23-15-5-4-6-16(12-15)24-10-3-2-7-19(24)25/h4-6,8-9,11-13H,2-3,7,10H2,1H3,(H,23,26). The van der Waals surface area contributed by atoms with Gasteiger partial charge in [-0.05, 0) is 72.1 Å². The average molecular weight is 435 g/mol. The summed E-state index contributed by atoms with van der Waals surface area (Å²) in [5.74, 6) is -0.252. The highest BCUT2D eigenvalue weighted by Gasteiger charge is 2.21. The molecule has 1 atom stereocenters. The van der Waals surface area contributed by atoms with E-state index < -0.39 is 11.9 Å². The smallest absolute Gasteiger partial charge is 0.265 e. The van der Waals surface area contributed by atoms with Crippen LogP contribution in [0.1, 0.15) is 26.2 Å². The van der Waals surface area contributed by atoms with E-state index in [1.54, 1.807) is 30.0 Å². The lowest BCUT2D eigenvalue weighted by Crippen LogP contribution is -2.35. The molecular formula is C20H20BrFN2O3. The summed E-state index contributed by atoms with van der Waals surface area (Å²) in [6, 6.07) is 11.2. The molecule has 1 heterocycles. The fourth-order valence-electron chi connectivity index (χ4n) is 2.89. The van der Waals surface area contributed by atoms with Crippen molar-refractivity contribution in [2.24, 2.45) is 0 Å². The first-order valence-electron chi connectivity index (χ1n) is 8.77. The summed E-state index contributed by atoms with van der Waals surface area (Å²) in [6.45, 7) is 2.30. The molecule has 27 heavy (non-hydrogen) atoms. The second-order valence-corrected chi connectivity index (χ2v) is 7.23. The van der Waals surface area contributed by atoms with Gasteiger partial charge in [-0.15, -0.1) is 0 Å². The van der Waals surface area contributed by atoms with Crippen LogP contribution in [-0.2, 0) is 9.59 Å². The van der Waals surface area contributed by atoms with Gasteiger partial charge >= 0.3 is 0 Å². The van der Waals surface area contributed by atoms with Gasteiger partial charge in [-0.1, -0.05) is 6.07 Å². The Bertz CT molecular complexity index is 859. The first-order chi connectivity index (χ1) is 12.9. The minimum Gasteiger partial charge on any atom is -0.480 e. The van der Waals surface area contributed by atoms with Gasteiger partial charge in [0.1, 0.15) is 11.6 Å². The van der Waals surface area contributed by atoms with Gasteiger partial charge in [-0.3, -0.25) is 9.59 Å². The van der Waals surface area contributed by atoms with Crippen molar-refractivity contribution in [1.29, 1.82) is 0 Å². The van der Waals surface area contributed by atoms with Crippen LogP contribution in [0.25, 0.3) is 0 Å². The van der Waals surface area contributed by atoms with Gasteiger partial charge in [-0.25, -0.2) is 4.39 Å². The molecule has 2 amide bonds. The van der Waals surface area contributed by atoms with Crippen molar-refractivity contribution in [2.45, 2.75) is 32.3 Å². The predicted octanol–water partition coefficient (Wildman–Crippen LogP) is 4.51. The molecule has 1 aliphatic heterocycles. The Balaban J connectivity index is 1.66. The molecule has 0 radical (unpaired) electrons. The lowest BCUT2D eigenvalue weighted by molar-refractivity contribution is -0.122. The van der Waals surface area contributed by atoms with E-state index in [9.17, 15) is 14.0 Å². The number of carbonyl (C=O) groups is 2. The van der Waals surface area contributed by atoms with Gasteiger partial charge < -0.3 is 15.0 Å². The highest BCUT2D eigenvalue weighted by atomic mass is 79.9. The Morgan fingerprint density at radius 3 is 2.81 bits per heavy atom. The zero-order chi connectivity index (χ0) is 19.4. The number of amides is 2. The minimum atomic E-state index is -0.785. The molecule has 0 aromatic heterocycles. The van der Waals surface area contributed by atoms with Gasteiger partial charge in [0.05, 0.1) is 4.47 Å². The highest BCUT2D eigenvalue weighted by molar-refractivity contribution is 9.10. The summed E-state index contributed by atoms with van der Waals surface area (Å²) in [5.41, 5.74) is 1.36. The van der Waals surface area contributed by atoms with Gasteiger partial charge in [0.15, 0.2) is 6.10 Å². The second-order valence-electron chi connectivity index (χ2n) is 6.38. The number of carbonyl (C=O) groups excluding carboxylic acids is 2. The Hall–Kier alpha value is -2.41. The van der Waals surface area contributed by atoms with Crippen LogP contribution in [0.4, 0.5) is 15.8 Å². The van der Waals surface area contributed by atoms with E-state index in [0.29, 0.717) is 28.9 Å². The van der Waals surface area contributed by atoms with Crippen LogP contribution in [0.5, 0.6) is 5.75 Å². The van der Waals surface area contributed by atoms with Crippen molar-refractivity contribution in [3.8, 4) is 5.75 Å². The van der Waals surface area contributed by atoms with Gasteiger partial charge in [0.2, 0.25) is 5.91 Å². The third-order valence-corrected chi connectivity index (χ3v) is 4.94. The van der Waals surface area contributed by atoms with E-state index in [-0.39, 0.29) is 11.8 Å². The monoisotopic (exact) mass is 434 g/mol. The Kier molecular flexibility index (Phi) is 6.11. The van der Waals surface area contributed by atoms with Crippen LogP contribution in [-0.4, -0.2) is 24.5 Å². The summed E-state index contributed by atoms with van der Waals surface area (Å²) in [4.78, 5) is 26.3. The van der Waals surface area contributed by atoms with E-state index in [4.69, 9.17) is 4.74 Å². The normalized spacial score (nSPS) is 15.4. The van der Waals surface area contributed by atoms with E-state index in [1.807, 2.05) is 6.07 Å². The lowest BCUT2D eigenvalue weighted by atomic mass is 10.1. The summed E-state index contributed by atoms with van der Waals surface area (Å²) < 4.78 is 19.2. The van der Waals surface area contributed by atoms with Crippen LogP contribution in [0.3, 0.4) is 0 Å². The summed E-state index contributed by atoms with van der Waals surface area (Å²) in [7, 11) is 0. The Labute approximate surface area is 165 Å².